The number of nitrogen functional groups attached to an aromatic ring is 1. The van der Waals surface area contributed by atoms with E-state index in [-0.39, 0.29) is 0 Å². The van der Waals surface area contributed by atoms with Gasteiger partial charge in [-0.2, -0.15) is 0 Å². The Morgan fingerprint density at radius 3 is 3.24 bits per heavy atom. The van der Waals surface area contributed by atoms with Crippen LogP contribution in [0.15, 0.2) is 19.0 Å². The van der Waals surface area contributed by atoms with Crippen LogP contribution in [0.5, 0.6) is 5.88 Å². The number of H-pyrrole nitrogens is 2. The van der Waals surface area contributed by atoms with E-state index < -0.39 is 0 Å². The summed E-state index contributed by atoms with van der Waals surface area (Å²) in [5.41, 5.74) is 6.92. The van der Waals surface area contributed by atoms with Crippen LogP contribution in [-0.2, 0) is 0 Å². The quantitative estimate of drug-likeness (QED) is 0.578. The summed E-state index contributed by atoms with van der Waals surface area (Å²) in [4.78, 5) is 13.9. The Morgan fingerprint density at radius 1 is 1.53 bits per heavy atom. The van der Waals surface area contributed by atoms with Crippen molar-refractivity contribution in [3.05, 3.63) is 19.0 Å². The number of nitrogens with zero attached hydrogens (tertiary/aromatic N) is 2. The third-order valence-corrected chi connectivity index (χ3v) is 2.36. The first-order valence-corrected chi connectivity index (χ1v) is 5.57. The number of unbranched alkanes of at least 4 members (excludes halogenated alkanes) is 2. The van der Waals surface area contributed by atoms with Crippen LogP contribution >= 0.6 is 0 Å². The molecule has 0 aliphatic heterocycles. The summed E-state index contributed by atoms with van der Waals surface area (Å²) in [5.74, 6) is 0.884. The molecule has 0 aliphatic carbocycles. The fourth-order valence-corrected chi connectivity index (χ4v) is 1.53. The zero-order chi connectivity index (χ0) is 12.1. The number of aromatic nitrogens is 4. The number of hydrogen-bond acceptors (Lipinski definition) is 4. The van der Waals surface area contributed by atoms with E-state index >= 15 is 0 Å². The normalized spacial score (nSPS) is 10.6. The Morgan fingerprint density at radius 2 is 2.41 bits per heavy atom. The number of aromatic amines is 2. The van der Waals surface area contributed by atoms with Crippen molar-refractivity contribution in [1.29, 1.82) is 0 Å². The molecular weight excluding hydrogens is 218 g/mol. The molecule has 90 valence electrons. The van der Waals surface area contributed by atoms with Gasteiger partial charge in [0.2, 0.25) is 0 Å². The summed E-state index contributed by atoms with van der Waals surface area (Å²) in [6.07, 6.45) is 6.51. The molecular formula is C11H16N5O+. The number of fused-ring (bicyclic) bond motifs is 1. The van der Waals surface area contributed by atoms with E-state index in [1.165, 1.54) is 0 Å². The maximum Gasteiger partial charge on any atom is 0.392 e. The maximum atomic E-state index is 5.62. The summed E-state index contributed by atoms with van der Waals surface area (Å²) in [6.45, 7) is 4.30. The van der Waals surface area contributed by atoms with Gasteiger partial charge in [0, 0.05) is 0 Å². The molecule has 0 spiro atoms. The predicted octanol–water partition coefficient (Wildman–Crippen LogP) is 1.09. The Labute approximate surface area is 98.9 Å². The minimum Gasteiger partial charge on any atom is -0.466 e. The number of allylic oxidation sites excluding steroid dienone is 1. The van der Waals surface area contributed by atoms with E-state index in [1.807, 2.05) is 6.08 Å². The average molecular weight is 234 g/mol. The first kappa shape index (κ1) is 11.4. The highest BCUT2D eigenvalue weighted by Gasteiger charge is 2.14. The summed E-state index contributed by atoms with van der Waals surface area (Å²) in [7, 11) is 0. The second-order valence-corrected chi connectivity index (χ2v) is 3.69. The zero-order valence-corrected chi connectivity index (χ0v) is 9.57. The van der Waals surface area contributed by atoms with Gasteiger partial charge in [0.1, 0.15) is 0 Å². The van der Waals surface area contributed by atoms with Crippen molar-refractivity contribution in [1.82, 2.24) is 15.0 Å². The number of ether oxygens (including phenoxy) is 1. The number of imidazole rings is 1. The lowest BCUT2D eigenvalue weighted by Gasteiger charge is -2.03. The second kappa shape index (κ2) is 5.29. The zero-order valence-electron chi connectivity index (χ0n) is 9.57. The smallest absolute Gasteiger partial charge is 0.392 e. The summed E-state index contributed by atoms with van der Waals surface area (Å²) < 4.78 is 5.62. The molecule has 0 saturated heterocycles. The largest absolute Gasteiger partial charge is 0.466 e. The van der Waals surface area contributed by atoms with Gasteiger partial charge in [-0.15, -0.1) is 6.58 Å². The van der Waals surface area contributed by atoms with E-state index in [0.717, 1.165) is 24.8 Å². The van der Waals surface area contributed by atoms with Gasteiger partial charge in [-0.3, -0.25) is 5.73 Å². The molecule has 2 heterocycles. The fraction of sp³-hybridized carbons (Fsp3) is 0.364. The first-order valence-electron chi connectivity index (χ1n) is 5.57. The molecule has 0 aromatic carbocycles. The summed E-state index contributed by atoms with van der Waals surface area (Å²) in [5, 5.41) is 0. The minimum atomic E-state index is 0.297. The third-order valence-electron chi connectivity index (χ3n) is 2.36. The van der Waals surface area contributed by atoms with Crippen molar-refractivity contribution >= 4 is 17.1 Å². The minimum absolute atomic E-state index is 0.297. The average Bonchev–Trinajstić information content (AvgIpc) is 2.76. The van der Waals surface area contributed by atoms with E-state index in [0.29, 0.717) is 24.1 Å². The van der Waals surface area contributed by atoms with Crippen LogP contribution in [-0.4, -0.2) is 21.6 Å². The molecule has 0 aliphatic rings. The summed E-state index contributed by atoms with van der Waals surface area (Å²) in [6, 6.07) is 0. The van der Waals surface area contributed by atoms with Crippen molar-refractivity contribution in [2.45, 2.75) is 19.3 Å². The van der Waals surface area contributed by atoms with Gasteiger partial charge < -0.3 is 9.72 Å². The third kappa shape index (κ3) is 2.72. The van der Waals surface area contributed by atoms with Crippen molar-refractivity contribution < 1.29 is 9.72 Å². The molecule has 17 heavy (non-hydrogen) atoms. The van der Waals surface area contributed by atoms with Gasteiger partial charge in [0.15, 0.2) is 5.52 Å². The molecule has 0 saturated carbocycles. The number of rotatable bonds is 6. The topological polar surface area (TPSA) is 91.0 Å². The number of nitrogens with two attached hydrogens (primary N) is 1. The molecule has 6 nitrogen and oxygen atoms in total. The van der Waals surface area contributed by atoms with Crippen LogP contribution < -0.4 is 15.5 Å². The molecule has 0 atom stereocenters. The van der Waals surface area contributed by atoms with Gasteiger partial charge in [-0.05, 0) is 24.2 Å². The number of hydrogen-bond donors (Lipinski definition) is 2. The van der Waals surface area contributed by atoms with Gasteiger partial charge in [-0.25, -0.2) is 9.97 Å². The highest BCUT2D eigenvalue weighted by Crippen LogP contribution is 2.16. The van der Waals surface area contributed by atoms with Gasteiger partial charge >= 0.3 is 5.95 Å². The second-order valence-electron chi connectivity index (χ2n) is 3.69. The fourth-order valence-electron chi connectivity index (χ4n) is 1.53. The molecule has 0 radical (unpaired) electrons. The molecule has 4 N–H and O–H groups in total. The molecule has 2 aromatic rings. The Kier molecular flexibility index (Phi) is 3.54. The standard InChI is InChI=1S/C11H15N5O/c1-2-3-4-5-6-17-10-8-9(14-7-13-8)15-11(12)16-10/h2,7H,1,3-6H2,(H3,12,13,14,15,16)/p+1. The SMILES string of the molecule is C=CCCCCOc1[nH+]c(N)nc2nc[nH]c12. The molecule has 0 fully saturated rings. The Balaban J connectivity index is 2.02. The summed E-state index contributed by atoms with van der Waals surface area (Å²) >= 11 is 0. The van der Waals surface area contributed by atoms with Gasteiger partial charge in [0.25, 0.3) is 11.5 Å². The molecule has 0 amide bonds. The lowest BCUT2D eigenvalue weighted by Crippen LogP contribution is -2.17. The van der Waals surface area contributed by atoms with Crippen LogP contribution in [0.1, 0.15) is 19.3 Å². The van der Waals surface area contributed by atoms with E-state index in [1.54, 1.807) is 6.33 Å². The van der Waals surface area contributed by atoms with Crippen LogP contribution in [0.2, 0.25) is 0 Å². The van der Waals surface area contributed by atoms with Gasteiger partial charge in [0.05, 0.1) is 12.9 Å². The van der Waals surface area contributed by atoms with Crippen molar-refractivity contribution in [3.63, 3.8) is 0 Å². The molecule has 2 rings (SSSR count). The van der Waals surface area contributed by atoms with Crippen LogP contribution in [0.3, 0.4) is 0 Å². The monoisotopic (exact) mass is 234 g/mol. The first-order chi connectivity index (χ1) is 8.31. The van der Waals surface area contributed by atoms with Crippen LogP contribution in [0.4, 0.5) is 5.95 Å². The van der Waals surface area contributed by atoms with Crippen molar-refractivity contribution in [3.8, 4) is 5.88 Å². The van der Waals surface area contributed by atoms with E-state index in [4.69, 9.17) is 10.5 Å². The Bertz CT molecular complexity index is 508. The van der Waals surface area contributed by atoms with E-state index in [9.17, 15) is 0 Å². The highest BCUT2D eigenvalue weighted by atomic mass is 16.5. The molecule has 0 unspecified atom stereocenters. The van der Waals surface area contributed by atoms with Crippen LogP contribution in [0, 0.1) is 0 Å². The highest BCUT2D eigenvalue weighted by molar-refractivity contribution is 5.74. The molecule has 0 bridgehead atoms. The van der Waals surface area contributed by atoms with E-state index in [2.05, 4.69) is 26.5 Å². The molecule has 2 aromatic heterocycles. The van der Waals surface area contributed by atoms with Crippen LogP contribution in [0.25, 0.3) is 11.2 Å². The lowest BCUT2D eigenvalue weighted by molar-refractivity contribution is -0.379. The van der Waals surface area contributed by atoms with Gasteiger partial charge in [-0.1, -0.05) is 6.08 Å². The van der Waals surface area contributed by atoms with Crippen molar-refractivity contribution in [2.75, 3.05) is 12.3 Å². The Hall–Kier alpha value is -2.11. The van der Waals surface area contributed by atoms with Crippen molar-refractivity contribution in [2.24, 2.45) is 0 Å². The number of anilines is 1. The predicted molar refractivity (Wildman–Crippen MR) is 64.4 cm³/mol. The number of nitrogens with one attached hydrogen (secondary N) is 2. The maximum absolute atomic E-state index is 5.62. The lowest BCUT2D eigenvalue weighted by atomic mass is 10.2. The molecule has 6 heteroatoms.